The highest BCUT2D eigenvalue weighted by Gasteiger charge is 2.46. The molecular formula is C23H28N4O3. The fraction of sp³-hybridized carbons (Fsp3) is 0.522. The van der Waals surface area contributed by atoms with Crippen molar-refractivity contribution in [1.82, 2.24) is 0 Å². The predicted octanol–water partition coefficient (Wildman–Crippen LogP) is 2.49. The first-order chi connectivity index (χ1) is 14.6. The zero-order chi connectivity index (χ0) is 21.0. The average Bonchev–Trinajstić information content (AvgIpc) is 3.69. The third-order valence-electron chi connectivity index (χ3n) is 5.68. The lowest BCUT2D eigenvalue weighted by Gasteiger charge is -2.28. The van der Waals surface area contributed by atoms with E-state index < -0.39 is 5.91 Å². The van der Waals surface area contributed by atoms with E-state index in [9.17, 15) is 4.79 Å². The van der Waals surface area contributed by atoms with Crippen molar-refractivity contribution in [3.8, 4) is 11.8 Å². The van der Waals surface area contributed by atoms with Crippen molar-refractivity contribution in [2.45, 2.75) is 45.3 Å². The van der Waals surface area contributed by atoms with Crippen LogP contribution in [0.25, 0.3) is 0 Å². The molecule has 2 aliphatic carbocycles. The van der Waals surface area contributed by atoms with E-state index in [-0.39, 0.29) is 17.4 Å². The number of rotatable bonds is 6. The summed E-state index contributed by atoms with van der Waals surface area (Å²) in [6.45, 7) is 3.77. The number of amides is 1. The van der Waals surface area contributed by atoms with Crippen molar-refractivity contribution in [2.24, 2.45) is 27.3 Å². The molecule has 3 N–H and O–H groups in total. The summed E-state index contributed by atoms with van der Waals surface area (Å²) in [5.74, 6) is 12.0. The van der Waals surface area contributed by atoms with Crippen LogP contribution in [-0.2, 0) is 20.7 Å². The van der Waals surface area contributed by atoms with Crippen molar-refractivity contribution in [3.63, 3.8) is 0 Å². The predicted molar refractivity (Wildman–Crippen MR) is 116 cm³/mol. The number of nitrogens with one attached hydrogen (secondary N) is 1. The van der Waals surface area contributed by atoms with E-state index in [1.165, 1.54) is 31.9 Å². The number of carbonyl (C=O) groups excluding carboxylic acids is 1. The van der Waals surface area contributed by atoms with E-state index >= 15 is 0 Å². The summed E-state index contributed by atoms with van der Waals surface area (Å²) in [6.07, 6.45) is 6.45. The molecule has 3 fully saturated rings. The summed E-state index contributed by atoms with van der Waals surface area (Å²) in [4.78, 5) is 16.9. The molecule has 1 aliphatic heterocycles. The molecule has 1 aromatic rings. The lowest BCUT2D eigenvalue weighted by Crippen LogP contribution is -2.35. The Morgan fingerprint density at radius 3 is 2.73 bits per heavy atom. The number of aryl methyl sites for hydroxylation is 1. The Morgan fingerprint density at radius 2 is 2.10 bits per heavy atom. The van der Waals surface area contributed by atoms with Gasteiger partial charge in [0.15, 0.2) is 12.0 Å². The third-order valence-corrected chi connectivity index (χ3v) is 5.68. The first-order valence-electron chi connectivity index (χ1n) is 10.6. The van der Waals surface area contributed by atoms with Gasteiger partial charge in [-0.3, -0.25) is 9.79 Å². The van der Waals surface area contributed by atoms with Gasteiger partial charge in [0.2, 0.25) is 0 Å². The molecule has 158 valence electrons. The van der Waals surface area contributed by atoms with Gasteiger partial charge in [-0.15, -0.1) is 0 Å². The van der Waals surface area contributed by atoms with Crippen LogP contribution in [0.15, 0.2) is 28.3 Å². The van der Waals surface area contributed by atoms with Gasteiger partial charge in [0, 0.05) is 22.6 Å². The molecule has 3 aliphatic rings. The van der Waals surface area contributed by atoms with Crippen molar-refractivity contribution in [3.05, 3.63) is 29.3 Å². The second-order valence-corrected chi connectivity index (χ2v) is 8.28. The minimum absolute atomic E-state index is 0.0426. The first kappa shape index (κ1) is 20.6. The van der Waals surface area contributed by atoms with Crippen molar-refractivity contribution < 1.29 is 14.3 Å². The van der Waals surface area contributed by atoms with Crippen molar-refractivity contribution >= 4 is 23.5 Å². The second kappa shape index (κ2) is 8.99. The van der Waals surface area contributed by atoms with Gasteiger partial charge < -0.3 is 20.6 Å². The molecule has 4 rings (SSSR count). The van der Waals surface area contributed by atoms with Crippen LogP contribution in [0.5, 0.6) is 0 Å². The van der Waals surface area contributed by atoms with E-state index in [0.717, 1.165) is 17.5 Å². The molecule has 2 saturated carbocycles. The molecule has 0 aromatic heterocycles. The van der Waals surface area contributed by atoms with E-state index in [2.05, 4.69) is 27.3 Å². The molecule has 1 heterocycles. The maximum Gasteiger partial charge on any atom is 0.277 e. The number of benzene rings is 1. The molecule has 0 bridgehead atoms. The zero-order valence-corrected chi connectivity index (χ0v) is 17.3. The van der Waals surface area contributed by atoms with Gasteiger partial charge in [0.1, 0.15) is 0 Å². The smallest absolute Gasteiger partial charge is 0.277 e. The molecule has 7 nitrogen and oxygen atoms in total. The average molecular weight is 409 g/mol. The number of ether oxygens (including phenoxy) is 2. The highest BCUT2D eigenvalue weighted by Crippen LogP contribution is 2.48. The topological polar surface area (TPSA) is 98.3 Å². The molecule has 1 amide bonds. The van der Waals surface area contributed by atoms with Gasteiger partial charge >= 0.3 is 0 Å². The molecule has 1 spiro atoms. The number of aliphatic imine (C=N–C) groups is 1. The van der Waals surface area contributed by atoms with Crippen LogP contribution in [0.1, 0.15) is 43.7 Å². The zero-order valence-electron chi connectivity index (χ0n) is 17.3. The second-order valence-electron chi connectivity index (χ2n) is 8.28. The van der Waals surface area contributed by atoms with E-state index in [0.29, 0.717) is 31.4 Å². The molecular weight excluding hydrogens is 380 g/mol. The number of hydrogen-bond donors (Lipinski definition) is 2. The summed E-state index contributed by atoms with van der Waals surface area (Å²) >= 11 is 0. The van der Waals surface area contributed by atoms with Gasteiger partial charge in [-0.1, -0.05) is 24.8 Å². The van der Waals surface area contributed by atoms with Gasteiger partial charge in [0.25, 0.3) is 5.91 Å². The van der Waals surface area contributed by atoms with Gasteiger partial charge in [-0.2, -0.15) is 5.10 Å². The van der Waals surface area contributed by atoms with E-state index in [1.54, 1.807) is 0 Å². The number of carbonyl (C=O) groups is 1. The summed E-state index contributed by atoms with van der Waals surface area (Å²) < 4.78 is 11.4. The Bertz CT molecular complexity index is 910. The minimum Gasteiger partial charge on any atom is -0.350 e. The molecule has 30 heavy (non-hydrogen) atoms. The highest BCUT2D eigenvalue weighted by molar-refractivity contribution is 6.63. The number of anilines is 1. The lowest BCUT2D eigenvalue weighted by atomic mass is 10.1. The van der Waals surface area contributed by atoms with Crippen LogP contribution < -0.4 is 11.2 Å². The van der Waals surface area contributed by atoms with Gasteiger partial charge in [-0.05, 0) is 49.8 Å². The highest BCUT2D eigenvalue weighted by atomic mass is 16.7. The maximum atomic E-state index is 12.7. The number of hydrazone groups is 1. The van der Waals surface area contributed by atoms with Gasteiger partial charge in [-0.25, -0.2) is 0 Å². The van der Waals surface area contributed by atoms with Crippen LogP contribution >= 0.6 is 0 Å². The third kappa shape index (κ3) is 5.26. The van der Waals surface area contributed by atoms with E-state index in [4.69, 9.17) is 15.3 Å². The Balaban J connectivity index is 1.35. The molecule has 0 radical (unpaired) electrons. The van der Waals surface area contributed by atoms with Crippen LogP contribution in [0.4, 0.5) is 5.69 Å². The van der Waals surface area contributed by atoms with E-state index in [1.807, 2.05) is 25.1 Å². The quantitative estimate of drug-likeness (QED) is 0.327. The summed E-state index contributed by atoms with van der Waals surface area (Å²) in [7, 11) is 0. The minimum atomic E-state index is -0.411. The summed E-state index contributed by atoms with van der Waals surface area (Å²) in [5.41, 5.74) is 2.91. The molecule has 0 atom stereocenters. The Kier molecular flexibility index (Phi) is 6.16. The number of nitrogens with zero attached hydrogens (tertiary/aromatic N) is 2. The Hall–Kier alpha value is -2.69. The van der Waals surface area contributed by atoms with Gasteiger partial charge in [0.05, 0.1) is 26.0 Å². The fourth-order valence-electron chi connectivity index (χ4n) is 3.25. The molecule has 7 heteroatoms. The standard InChI is InChI=1S/C23H28N4O3/c1-2-18-8-7-17(6-5-16-3-4-16)11-19(18)26-22(28)20(27-24)12-25-13-21-29-14-23(9-10-23)15-30-21/h7-8,11-12,16,21H,2-4,9-10,13-15,24H2,1H3,(H,26,28). The lowest BCUT2D eigenvalue weighted by molar-refractivity contribution is -0.201. The summed E-state index contributed by atoms with van der Waals surface area (Å²) in [5, 5.41) is 6.48. The summed E-state index contributed by atoms with van der Waals surface area (Å²) in [6, 6.07) is 5.87. The van der Waals surface area contributed by atoms with Crippen molar-refractivity contribution in [2.75, 3.05) is 25.1 Å². The monoisotopic (exact) mass is 408 g/mol. The molecule has 0 unspecified atom stereocenters. The normalized spacial score (nSPS) is 20.8. The number of hydrogen-bond acceptors (Lipinski definition) is 6. The molecule has 1 aromatic carbocycles. The fourth-order valence-corrected chi connectivity index (χ4v) is 3.25. The number of nitrogens with two attached hydrogens (primary N) is 1. The Morgan fingerprint density at radius 1 is 1.33 bits per heavy atom. The van der Waals surface area contributed by atoms with Crippen LogP contribution in [-0.4, -0.2) is 43.9 Å². The largest absolute Gasteiger partial charge is 0.350 e. The van der Waals surface area contributed by atoms with Crippen LogP contribution in [0.2, 0.25) is 0 Å². The maximum absolute atomic E-state index is 12.7. The first-order valence-corrected chi connectivity index (χ1v) is 10.6. The van der Waals surface area contributed by atoms with Crippen LogP contribution in [0, 0.1) is 23.2 Å². The SMILES string of the molecule is CCc1ccc(C#CC2CC2)cc1NC(=O)C(C=NCC1OCC2(CC2)CO1)=NN. The van der Waals surface area contributed by atoms with Crippen molar-refractivity contribution in [1.29, 1.82) is 0 Å². The Labute approximate surface area is 177 Å². The van der Waals surface area contributed by atoms with Crippen LogP contribution in [0.3, 0.4) is 0 Å². The molecule has 1 saturated heterocycles.